The van der Waals surface area contributed by atoms with E-state index in [1.165, 1.54) is 5.56 Å². The molecule has 1 fully saturated rings. The molecule has 0 spiro atoms. The quantitative estimate of drug-likeness (QED) is 0.920. The Morgan fingerprint density at radius 1 is 1.13 bits per heavy atom. The maximum absolute atomic E-state index is 8.77. The standard InChI is InChI=1S/C18H20N4O/c19-13-16-3-6-18(20-14-16)21-17-4-1-15(2-5-17)7-8-22-9-11-23-12-10-22/h1-6,14H,7-12H2,(H,20,21). The van der Waals surface area contributed by atoms with Gasteiger partial charge in [-0.15, -0.1) is 0 Å². The fourth-order valence-electron chi connectivity index (χ4n) is 2.55. The number of nitriles is 1. The predicted octanol–water partition coefficient (Wildman–Crippen LogP) is 2.57. The van der Waals surface area contributed by atoms with E-state index in [0.717, 1.165) is 50.8 Å². The summed E-state index contributed by atoms with van der Waals surface area (Å²) in [6.07, 6.45) is 2.62. The van der Waals surface area contributed by atoms with Gasteiger partial charge in [0.1, 0.15) is 11.9 Å². The summed E-state index contributed by atoms with van der Waals surface area (Å²) >= 11 is 0. The third-order valence-electron chi connectivity index (χ3n) is 3.94. The average molecular weight is 308 g/mol. The third kappa shape index (κ3) is 4.52. The van der Waals surface area contributed by atoms with Gasteiger partial charge in [-0.1, -0.05) is 12.1 Å². The van der Waals surface area contributed by atoms with Gasteiger partial charge in [0, 0.05) is 31.5 Å². The summed E-state index contributed by atoms with van der Waals surface area (Å²) in [5.74, 6) is 0.741. The van der Waals surface area contributed by atoms with Crippen molar-refractivity contribution in [2.45, 2.75) is 6.42 Å². The van der Waals surface area contributed by atoms with Gasteiger partial charge < -0.3 is 10.1 Å². The van der Waals surface area contributed by atoms with E-state index < -0.39 is 0 Å². The molecule has 118 valence electrons. The van der Waals surface area contributed by atoms with Gasteiger partial charge in [-0.2, -0.15) is 5.26 Å². The number of anilines is 2. The van der Waals surface area contributed by atoms with Crippen molar-refractivity contribution in [1.29, 1.82) is 5.26 Å². The van der Waals surface area contributed by atoms with Crippen molar-refractivity contribution in [3.05, 3.63) is 53.7 Å². The molecular weight excluding hydrogens is 288 g/mol. The first kappa shape index (κ1) is 15.5. The summed E-state index contributed by atoms with van der Waals surface area (Å²) in [5.41, 5.74) is 2.89. The van der Waals surface area contributed by atoms with Crippen molar-refractivity contribution < 1.29 is 4.74 Å². The minimum atomic E-state index is 0.564. The van der Waals surface area contributed by atoms with Gasteiger partial charge in [0.25, 0.3) is 0 Å². The van der Waals surface area contributed by atoms with Crippen molar-refractivity contribution >= 4 is 11.5 Å². The fourth-order valence-corrected chi connectivity index (χ4v) is 2.55. The Bertz CT molecular complexity index is 655. The van der Waals surface area contributed by atoms with Gasteiger partial charge in [-0.3, -0.25) is 4.90 Å². The topological polar surface area (TPSA) is 61.2 Å². The van der Waals surface area contributed by atoms with E-state index in [1.54, 1.807) is 12.3 Å². The lowest BCUT2D eigenvalue weighted by atomic mass is 10.1. The molecule has 0 saturated carbocycles. The Kier molecular flexibility index (Phi) is 5.20. The molecule has 2 heterocycles. The average Bonchev–Trinajstić information content (AvgIpc) is 2.63. The van der Waals surface area contributed by atoms with Crippen LogP contribution in [0.1, 0.15) is 11.1 Å². The van der Waals surface area contributed by atoms with Gasteiger partial charge in [0.05, 0.1) is 18.8 Å². The van der Waals surface area contributed by atoms with Gasteiger partial charge in [-0.25, -0.2) is 4.98 Å². The Balaban J connectivity index is 1.52. The highest BCUT2D eigenvalue weighted by Crippen LogP contribution is 2.16. The second-order valence-electron chi connectivity index (χ2n) is 5.57. The van der Waals surface area contributed by atoms with Crippen LogP contribution >= 0.6 is 0 Å². The van der Waals surface area contributed by atoms with Crippen molar-refractivity contribution in [2.75, 3.05) is 38.2 Å². The van der Waals surface area contributed by atoms with Crippen LogP contribution in [0.3, 0.4) is 0 Å². The van der Waals surface area contributed by atoms with Gasteiger partial charge in [0.2, 0.25) is 0 Å². The summed E-state index contributed by atoms with van der Waals surface area (Å²) in [7, 11) is 0. The summed E-state index contributed by atoms with van der Waals surface area (Å²) in [4.78, 5) is 6.65. The molecule has 1 aliphatic heterocycles. The van der Waals surface area contributed by atoms with Crippen LogP contribution in [0.15, 0.2) is 42.6 Å². The van der Waals surface area contributed by atoms with Gasteiger partial charge >= 0.3 is 0 Å². The van der Waals surface area contributed by atoms with E-state index in [4.69, 9.17) is 10.00 Å². The van der Waals surface area contributed by atoms with Crippen LogP contribution in [-0.2, 0) is 11.2 Å². The van der Waals surface area contributed by atoms with E-state index in [9.17, 15) is 0 Å². The summed E-state index contributed by atoms with van der Waals surface area (Å²) in [6.45, 7) is 4.84. The molecule has 1 N–H and O–H groups in total. The Morgan fingerprint density at radius 3 is 2.57 bits per heavy atom. The zero-order valence-corrected chi connectivity index (χ0v) is 13.0. The van der Waals surface area contributed by atoms with Gasteiger partial charge in [-0.05, 0) is 36.2 Å². The lowest BCUT2D eigenvalue weighted by molar-refractivity contribution is 0.0384. The van der Waals surface area contributed by atoms with Crippen molar-refractivity contribution in [3.63, 3.8) is 0 Å². The number of rotatable bonds is 5. The largest absolute Gasteiger partial charge is 0.379 e. The summed E-state index contributed by atoms with van der Waals surface area (Å²) in [6, 6.07) is 14.0. The molecule has 1 aromatic heterocycles. The highest BCUT2D eigenvalue weighted by Gasteiger charge is 2.09. The maximum atomic E-state index is 8.77. The molecule has 1 saturated heterocycles. The molecule has 3 rings (SSSR count). The maximum Gasteiger partial charge on any atom is 0.130 e. The predicted molar refractivity (Wildman–Crippen MR) is 89.6 cm³/mol. The smallest absolute Gasteiger partial charge is 0.130 e. The molecule has 0 radical (unpaired) electrons. The highest BCUT2D eigenvalue weighted by molar-refractivity contribution is 5.56. The first-order valence-corrected chi connectivity index (χ1v) is 7.86. The first-order valence-electron chi connectivity index (χ1n) is 7.86. The van der Waals surface area contributed by atoms with Crippen LogP contribution in [0.25, 0.3) is 0 Å². The van der Waals surface area contributed by atoms with Crippen LogP contribution < -0.4 is 5.32 Å². The molecule has 0 aliphatic carbocycles. The summed E-state index contributed by atoms with van der Waals surface area (Å²) < 4.78 is 5.36. The van der Waals surface area contributed by atoms with E-state index >= 15 is 0 Å². The monoisotopic (exact) mass is 308 g/mol. The second-order valence-corrected chi connectivity index (χ2v) is 5.57. The second kappa shape index (κ2) is 7.73. The van der Waals surface area contributed by atoms with Gasteiger partial charge in [0.15, 0.2) is 0 Å². The molecule has 5 heteroatoms. The Hall–Kier alpha value is -2.42. The fraction of sp³-hybridized carbons (Fsp3) is 0.333. The molecule has 0 atom stereocenters. The first-order chi connectivity index (χ1) is 11.3. The SMILES string of the molecule is N#Cc1ccc(Nc2ccc(CCN3CCOCC3)cc2)nc1. The zero-order chi connectivity index (χ0) is 15.9. The Labute approximate surface area is 136 Å². The number of aromatic nitrogens is 1. The molecule has 1 aromatic carbocycles. The van der Waals surface area contributed by atoms with Crippen LogP contribution in [0, 0.1) is 11.3 Å². The van der Waals surface area contributed by atoms with Crippen LogP contribution in [0.5, 0.6) is 0 Å². The number of nitrogens with one attached hydrogen (secondary N) is 1. The lowest BCUT2D eigenvalue weighted by Crippen LogP contribution is -2.37. The van der Waals surface area contributed by atoms with E-state index in [2.05, 4.69) is 45.5 Å². The minimum absolute atomic E-state index is 0.564. The number of hydrogen-bond acceptors (Lipinski definition) is 5. The molecular formula is C18H20N4O. The van der Waals surface area contributed by atoms with E-state index in [-0.39, 0.29) is 0 Å². The normalized spacial score (nSPS) is 15.1. The van der Waals surface area contributed by atoms with Crippen LogP contribution in [0.2, 0.25) is 0 Å². The van der Waals surface area contributed by atoms with Crippen LogP contribution in [0.4, 0.5) is 11.5 Å². The van der Waals surface area contributed by atoms with Crippen molar-refractivity contribution in [2.24, 2.45) is 0 Å². The number of hydrogen-bond donors (Lipinski definition) is 1. The molecule has 23 heavy (non-hydrogen) atoms. The zero-order valence-electron chi connectivity index (χ0n) is 13.0. The number of nitrogens with zero attached hydrogens (tertiary/aromatic N) is 3. The van der Waals surface area contributed by atoms with Crippen molar-refractivity contribution in [1.82, 2.24) is 9.88 Å². The number of morpholine rings is 1. The lowest BCUT2D eigenvalue weighted by Gasteiger charge is -2.26. The highest BCUT2D eigenvalue weighted by atomic mass is 16.5. The molecule has 0 amide bonds. The molecule has 5 nitrogen and oxygen atoms in total. The van der Waals surface area contributed by atoms with E-state index in [0.29, 0.717) is 5.56 Å². The third-order valence-corrected chi connectivity index (χ3v) is 3.94. The molecule has 0 bridgehead atoms. The Morgan fingerprint density at radius 2 is 1.91 bits per heavy atom. The molecule has 1 aliphatic rings. The minimum Gasteiger partial charge on any atom is -0.379 e. The number of pyridine rings is 1. The molecule has 2 aromatic rings. The number of benzene rings is 1. The number of ether oxygens (including phenoxy) is 1. The van der Waals surface area contributed by atoms with E-state index in [1.807, 2.05) is 6.07 Å². The molecule has 0 unspecified atom stereocenters. The van der Waals surface area contributed by atoms with Crippen LogP contribution in [-0.4, -0.2) is 42.7 Å². The summed E-state index contributed by atoms with van der Waals surface area (Å²) in [5, 5.41) is 12.0. The van der Waals surface area contributed by atoms with Crippen molar-refractivity contribution in [3.8, 4) is 6.07 Å².